The summed E-state index contributed by atoms with van der Waals surface area (Å²) in [5.74, 6) is 0.424. The molecule has 2 heteroatoms. The maximum Gasteiger partial charge on any atom is 0.0595 e. The maximum absolute atomic E-state index is 9.60. The summed E-state index contributed by atoms with van der Waals surface area (Å²) in [5.41, 5.74) is 0.173. The van der Waals surface area contributed by atoms with Gasteiger partial charge < -0.3 is 10.0 Å². The summed E-state index contributed by atoms with van der Waals surface area (Å²) in [6.45, 7) is 7.48. The second kappa shape index (κ2) is 2.76. The molecule has 0 spiro atoms. The fourth-order valence-corrected chi connectivity index (χ4v) is 1.67. The van der Waals surface area contributed by atoms with E-state index in [0.29, 0.717) is 5.92 Å². The van der Waals surface area contributed by atoms with Crippen molar-refractivity contribution in [3.8, 4) is 0 Å². The molecule has 1 rings (SSSR count). The number of aliphatic hydroxyl groups is 1. The minimum absolute atomic E-state index is 0.110. The minimum atomic E-state index is -0.110. The normalized spacial score (nSPS) is 39.0. The van der Waals surface area contributed by atoms with Gasteiger partial charge in [0.15, 0.2) is 0 Å². The van der Waals surface area contributed by atoms with Crippen LogP contribution in [0.2, 0.25) is 0 Å². The van der Waals surface area contributed by atoms with Crippen molar-refractivity contribution in [2.24, 2.45) is 5.92 Å². The van der Waals surface area contributed by atoms with Crippen LogP contribution in [-0.2, 0) is 0 Å². The van der Waals surface area contributed by atoms with Gasteiger partial charge in [-0.1, -0.05) is 6.92 Å². The van der Waals surface area contributed by atoms with E-state index < -0.39 is 0 Å². The highest BCUT2D eigenvalue weighted by atomic mass is 16.3. The quantitative estimate of drug-likeness (QED) is 0.569. The van der Waals surface area contributed by atoms with Crippen LogP contribution in [-0.4, -0.2) is 35.2 Å². The molecule has 0 aromatic rings. The van der Waals surface area contributed by atoms with Gasteiger partial charge in [0, 0.05) is 12.1 Å². The fourth-order valence-electron chi connectivity index (χ4n) is 1.67. The Morgan fingerprint density at radius 2 is 2.00 bits per heavy atom. The van der Waals surface area contributed by atoms with E-state index >= 15 is 0 Å². The van der Waals surface area contributed by atoms with Crippen molar-refractivity contribution >= 4 is 0 Å². The molecular weight excluding hydrogens is 138 g/mol. The topological polar surface area (TPSA) is 23.5 Å². The third-order valence-electron chi connectivity index (χ3n) is 2.96. The van der Waals surface area contributed by atoms with Crippen LogP contribution in [0.25, 0.3) is 0 Å². The predicted molar refractivity (Wildman–Crippen MR) is 46.5 cm³/mol. The lowest BCUT2D eigenvalue weighted by Crippen LogP contribution is -2.52. The Balaban J connectivity index is 2.63. The van der Waals surface area contributed by atoms with Crippen LogP contribution < -0.4 is 0 Å². The standard InChI is InChI=1S/C9H19NO/c1-7-6-10(4)9(2,3)5-8(7)11/h7-8,11H,5-6H2,1-4H3/t7-,8+/m1/s1. The molecule has 1 aliphatic heterocycles. The van der Waals surface area contributed by atoms with Gasteiger partial charge in [0.1, 0.15) is 0 Å². The number of nitrogens with zero attached hydrogens (tertiary/aromatic N) is 1. The van der Waals surface area contributed by atoms with Crippen molar-refractivity contribution in [1.82, 2.24) is 4.90 Å². The summed E-state index contributed by atoms with van der Waals surface area (Å²) in [6.07, 6.45) is 0.784. The molecule has 1 N–H and O–H groups in total. The zero-order chi connectivity index (χ0) is 8.65. The van der Waals surface area contributed by atoms with Crippen LogP contribution in [0, 0.1) is 5.92 Å². The second-order valence-electron chi connectivity index (χ2n) is 4.44. The lowest BCUT2D eigenvalue weighted by molar-refractivity contribution is -0.0242. The van der Waals surface area contributed by atoms with Crippen molar-refractivity contribution < 1.29 is 5.11 Å². The fraction of sp³-hybridized carbons (Fsp3) is 1.00. The molecule has 11 heavy (non-hydrogen) atoms. The SMILES string of the molecule is C[C@@H]1CN(C)C(C)(C)C[C@@H]1O. The Kier molecular flexibility index (Phi) is 2.26. The van der Waals surface area contributed by atoms with Crippen LogP contribution in [0.5, 0.6) is 0 Å². The van der Waals surface area contributed by atoms with E-state index in [9.17, 15) is 5.11 Å². The molecule has 0 radical (unpaired) electrons. The number of aliphatic hydroxyl groups excluding tert-OH is 1. The molecule has 2 atom stereocenters. The van der Waals surface area contributed by atoms with Crippen molar-refractivity contribution in [2.45, 2.75) is 38.8 Å². The Morgan fingerprint density at radius 1 is 1.45 bits per heavy atom. The predicted octanol–water partition coefficient (Wildman–Crippen LogP) is 1.10. The first kappa shape index (κ1) is 9.01. The first-order valence-electron chi connectivity index (χ1n) is 4.33. The van der Waals surface area contributed by atoms with Crippen molar-refractivity contribution in [3.63, 3.8) is 0 Å². The number of likely N-dealkylation sites (tertiary alicyclic amines) is 1. The zero-order valence-electron chi connectivity index (χ0n) is 7.96. The van der Waals surface area contributed by atoms with Gasteiger partial charge in [-0.25, -0.2) is 0 Å². The average Bonchev–Trinajstić information content (AvgIpc) is 1.83. The van der Waals surface area contributed by atoms with Gasteiger partial charge in [0.2, 0.25) is 0 Å². The summed E-state index contributed by atoms with van der Waals surface area (Å²) < 4.78 is 0. The summed E-state index contributed by atoms with van der Waals surface area (Å²) in [6, 6.07) is 0. The van der Waals surface area contributed by atoms with Gasteiger partial charge in [-0.05, 0) is 33.2 Å². The molecular formula is C9H19NO. The summed E-state index contributed by atoms with van der Waals surface area (Å²) in [7, 11) is 2.13. The highest BCUT2D eigenvalue weighted by Crippen LogP contribution is 2.28. The van der Waals surface area contributed by atoms with E-state index in [0.717, 1.165) is 13.0 Å². The summed E-state index contributed by atoms with van der Waals surface area (Å²) >= 11 is 0. The monoisotopic (exact) mass is 157 g/mol. The van der Waals surface area contributed by atoms with Crippen LogP contribution in [0.1, 0.15) is 27.2 Å². The Bertz CT molecular complexity index is 144. The molecule has 2 nitrogen and oxygen atoms in total. The molecule has 0 aromatic heterocycles. The molecule has 66 valence electrons. The van der Waals surface area contributed by atoms with Gasteiger partial charge in [0.05, 0.1) is 6.10 Å². The lowest BCUT2D eigenvalue weighted by atomic mass is 9.84. The number of piperidine rings is 1. The summed E-state index contributed by atoms with van der Waals surface area (Å²) in [4.78, 5) is 2.32. The number of rotatable bonds is 0. The molecule has 0 saturated carbocycles. The van der Waals surface area contributed by atoms with Crippen LogP contribution in [0.15, 0.2) is 0 Å². The van der Waals surface area contributed by atoms with Crippen LogP contribution >= 0.6 is 0 Å². The zero-order valence-corrected chi connectivity index (χ0v) is 7.96. The number of hydrogen-bond acceptors (Lipinski definition) is 2. The molecule has 1 aliphatic rings. The molecule has 0 amide bonds. The third kappa shape index (κ3) is 1.74. The minimum Gasteiger partial charge on any atom is -0.393 e. The van der Waals surface area contributed by atoms with E-state index in [1.165, 1.54) is 0 Å². The van der Waals surface area contributed by atoms with Crippen LogP contribution in [0.3, 0.4) is 0 Å². The van der Waals surface area contributed by atoms with E-state index in [4.69, 9.17) is 0 Å². The number of hydrogen-bond donors (Lipinski definition) is 1. The van der Waals surface area contributed by atoms with Gasteiger partial charge >= 0.3 is 0 Å². The largest absolute Gasteiger partial charge is 0.393 e. The maximum atomic E-state index is 9.60. The molecule has 0 unspecified atom stereocenters. The van der Waals surface area contributed by atoms with E-state index in [-0.39, 0.29) is 11.6 Å². The van der Waals surface area contributed by atoms with E-state index in [1.807, 2.05) is 0 Å². The van der Waals surface area contributed by atoms with Crippen molar-refractivity contribution in [1.29, 1.82) is 0 Å². The molecule has 0 bridgehead atoms. The Labute approximate surface area is 69.2 Å². The van der Waals surface area contributed by atoms with Gasteiger partial charge in [0.25, 0.3) is 0 Å². The van der Waals surface area contributed by atoms with Crippen molar-refractivity contribution in [3.05, 3.63) is 0 Å². The van der Waals surface area contributed by atoms with Crippen LogP contribution in [0.4, 0.5) is 0 Å². The van der Waals surface area contributed by atoms with Gasteiger partial charge in [-0.3, -0.25) is 0 Å². The van der Waals surface area contributed by atoms with Crippen molar-refractivity contribution in [2.75, 3.05) is 13.6 Å². The van der Waals surface area contributed by atoms with E-state index in [2.05, 4.69) is 32.7 Å². The Morgan fingerprint density at radius 3 is 2.45 bits per heavy atom. The summed E-state index contributed by atoms with van der Waals surface area (Å²) in [5, 5.41) is 9.60. The Hall–Kier alpha value is -0.0800. The molecule has 1 saturated heterocycles. The van der Waals surface area contributed by atoms with Gasteiger partial charge in [-0.2, -0.15) is 0 Å². The van der Waals surface area contributed by atoms with Gasteiger partial charge in [-0.15, -0.1) is 0 Å². The highest BCUT2D eigenvalue weighted by Gasteiger charge is 2.35. The van der Waals surface area contributed by atoms with E-state index in [1.54, 1.807) is 0 Å². The molecule has 1 heterocycles. The third-order valence-corrected chi connectivity index (χ3v) is 2.96. The smallest absolute Gasteiger partial charge is 0.0595 e. The first-order chi connectivity index (χ1) is 4.93. The highest BCUT2D eigenvalue weighted by molar-refractivity contribution is 4.90. The second-order valence-corrected chi connectivity index (χ2v) is 4.44. The lowest BCUT2D eigenvalue weighted by Gasteiger charge is -2.45. The molecule has 0 aliphatic carbocycles. The first-order valence-corrected chi connectivity index (χ1v) is 4.33. The average molecular weight is 157 g/mol. The molecule has 1 fully saturated rings. The molecule has 0 aromatic carbocycles.